The predicted octanol–water partition coefficient (Wildman–Crippen LogP) is 4.49. The summed E-state index contributed by atoms with van der Waals surface area (Å²) < 4.78 is 28.6. The first-order chi connectivity index (χ1) is 9.72. The Morgan fingerprint density at radius 3 is 2.60 bits per heavy atom. The predicted molar refractivity (Wildman–Crippen MR) is 79.1 cm³/mol. The topological polar surface area (TPSA) is 12.0 Å². The fourth-order valence-electron chi connectivity index (χ4n) is 2.44. The molecule has 0 spiro atoms. The van der Waals surface area contributed by atoms with Crippen molar-refractivity contribution in [3.63, 3.8) is 0 Å². The lowest BCUT2D eigenvalue weighted by Gasteiger charge is -2.17. The van der Waals surface area contributed by atoms with Gasteiger partial charge in [-0.2, -0.15) is 0 Å². The average Bonchev–Trinajstić information content (AvgIpc) is 2.88. The molecule has 3 rings (SSSR count). The van der Waals surface area contributed by atoms with Gasteiger partial charge < -0.3 is 5.32 Å². The molecule has 1 aromatic heterocycles. The molecule has 1 unspecified atom stereocenters. The number of hydrogen-bond acceptors (Lipinski definition) is 2. The highest BCUT2D eigenvalue weighted by Gasteiger charge is 2.21. The third kappa shape index (κ3) is 2.11. The molecule has 3 aromatic rings. The molecule has 2 aromatic carbocycles. The standard InChI is InChI=1S/C16H13F2NS/c1-19-16(11-6-4-7-13(17)15(11)18)12-9-20-14-8-3-2-5-10(12)14/h2-9,16,19H,1H3. The minimum Gasteiger partial charge on any atom is -0.309 e. The van der Waals surface area contributed by atoms with E-state index in [0.717, 1.165) is 21.7 Å². The van der Waals surface area contributed by atoms with Gasteiger partial charge in [0.05, 0.1) is 6.04 Å². The summed E-state index contributed by atoms with van der Waals surface area (Å²) in [5.41, 5.74) is 1.30. The maximum Gasteiger partial charge on any atom is 0.163 e. The highest BCUT2D eigenvalue weighted by atomic mass is 32.1. The Morgan fingerprint density at radius 1 is 1.00 bits per heavy atom. The van der Waals surface area contributed by atoms with Crippen LogP contribution in [0.5, 0.6) is 0 Å². The van der Waals surface area contributed by atoms with Crippen LogP contribution >= 0.6 is 11.3 Å². The van der Waals surface area contributed by atoms with Crippen LogP contribution in [0.25, 0.3) is 10.1 Å². The molecule has 1 atom stereocenters. The van der Waals surface area contributed by atoms with Crippen LogP contribution in [-0.4, -0.2) is 7.05 Å². The summed E-state index contributed by atoms with van der Waals surface area (Å²) >= 11 is 1.61. The molecule has 1 nitrogen and oxygen atoms in total. The van der Waals surface area contributed by atoms with E-state index in [9.17, 15) is 8.78 Å². The van der Waals surface area contributed by atoms with Crippen LogP contribution in [0.1, 0.15) is 17.2 Å². The third-order valence-corrected chi connectivity index (χ3v) is 4.38. The van der Waals surface area contributed by atoms with E-state index in [1.165, 1.54) is 6.07 Å². The Labute approximate surface area is 119 Å². The zero-order valence-electron chi connectivity index (χ0n) is 10.9. The van der Waals surface area contributed by atoms with Crippen molar-refractivity contribution in [1.29, 1.82) is 0 Å². The average molecular weight is 289 g/mol. The third-order valence-electron chi connectivity index (χ3n) is 3.40. The Balaban J connectivity index is 2.17. The molecule has 0 aliphatic rings. The van der Waals surface area contributed by atoms with Gasteiger partial charge in [0.2, 0.25) is 0 Å². The molecule has 20 heavy (non-hydrogen) atoms. The zero-order chi connectivity index (χ0) is 14.1. The fourth-order valence-corrected chi connectivity index (χ4v) is 3.43. The smallest absolute Gasteiger partial charge is 0.163 e. The summed E-state index contributed by atoms with van der Waals surface area (Å²) in [7, 11) is 1.75. The quantitative estimate of drug-likeness (QED) is 0.749. The van der Waals surface area contributed by atoms with Crippen LogP contribution < -0.4 is 5.32 Å². The van der Waals surface area contributed by atoms with Crippen LogP contribution in [0.4, 0.5) is 8.78 Å². The lowest BCUT2D eigenvalue weighted by Crippen LogP contribution is -2.19. The number of rotatable bonds is 3. The SMILES string of the molecule is CNC(c1cccc(F)c1F)c1csc2ccccc12. The number of nitrogens with one attached hydrogen (secondary N) is 1. The van der Waals surface area contributed by atoms with E-state index in [-0.39, 0.29) is 6.04 Å². The van der Waals surface area contributed by atoms with Crippen molar-refractivity contribution in [2.24, 2.45) is 0 Å². The molecule has 0 aliphatic heterocycles. The summed E-state index contributed by atoms with van der Waals surface area (Å²) in [4.78, 5) is 0. The van der Waals surface area contributed by atoms with Gasteiger partial charge in [0, 0.05) is 10.3 Å². The lowest BCUT2D eigenvalue weighted by atomic mass is 9.98. The van der Waals surface area contributed by atoms with Crippen molar-refractivity contribution in [3.05, 3.63) is 70.6 Å². The summed E-state index contributed by atoms with van der Waals surface area (Å²) in [5.74, 6) is -1.61. The normalized spacial score (nSPS) is 12.8. The second-order valence-electron chi connectivity index (χ2n) is 4.55. The summed E-state index contributed by atoms with van der Waals surface area (Å²) in [6.07, 6.45) is 0. The van der Waals surface area contributed by atoms with E-state index in [0.29, 0.717) is 5.56 Å². The highest BCUT2D eigenvalue weighted by Crippen LogP contribution is 2.34. The van der Waals surface area contributed by atoms with E-state index < -0.39 is 11.6 Å². The van der Waals surface area contributed by atoms with Gasteiger partial charge in [0.25, 0.3) is 0 Å². The Hall–Kier alpha value is -1.78. The van der Waals surface area contributed by atoms with Gasteiger partial charge in [0.15, 0.2) is 11.6 Å². The summed E-state index contributed by atoms with van der Waals surface area (Å²) in [6, 6.07) is 11.9. The van der Waals surface area contributed by atoms with Gasteiger partial charge in [-0.05, 0) is 35.5 Å². The fraction of sp³-hybridized carbons (Fsp3) is 0.125. The van der Waals surface area contributed by atoms with E-state index >= 15 is 0 Å². The second kappa shape index (κ2) is 5.31. The van der Waals surface area contributed by atoms with Crippen molar-refractivity contribution in [1.82, 2.24) is 5.32 Å². The molecule has 0 radical (unpaired) electrons. The molecule has 0 saturated heterocycles. The molecular formula is C16H13F2NS. The van der Waals surface area contributed by atoms with Crippen molar-refractivity contribution in [3.8, 4) is 0 Å². The number of halogens is 2. The minimum absolute atomic E-state index is 0.330. The van der Waals surface area contributed by atoms with Gasteiger partial charge in [-0.1, -0.05) is 30.3 Å². The molecule has 0 fully saturated rings. The number of benzene rings is 2. The second-order valence-corrected chi connectivity index (χ2v) is 5.46. The minimum atomic E-state index is -0.817. The van der Waals surface area contributed by atoms with E-state index in [2.05, 4.69) is 5.32 Å². The first-order valence-corrected chi connectivity index (χ1v) is 7.17. The van der Waals surface area contributed by atoms with Crippen LogP contribution in [0, 0.1) is 11.6 Å². The highest BCUT2D eigenvalue weighted by molar-refractivity contribution is 7.17. The van der Waals surface area contributed by atoms with Crippen LogP contribution in [0.15, 0.2) is 47.8 Å². The van der Waals surface area contributed by atoms with Gasteiger partial charge in [0.1, 0.15) is 0 Å². The van der Waals surface area contributed by atoms with Crippen molar-refractivity contribution >= 4 is 21.4 Å². The lowest BCUT2D eigenvalue weighted by molar-refractivity contribution is 0.488. The van der Waals surface area contributed by atoms with Crippen LogP contribution in [0.2, 0.25) is 0 Å². The number of thiophene rings is 1. The first kappa shape index (κ1) is 13.2. The summed E-state index contributed by atoms with van der Waals surface area (Å²) in [5, 5.41) is 6.15. The van der Waals surface area contributed by atoms with Crippen LogP contribution in [0.3, 0.4) is 0 Å². The molecule has 1 heterocycles. The summed E-state index contributed by atoms with van der Waals surface area (Å²) in [6.45, 7) is 0. The molecule has 1 N–H and O–H groups in total. The van der Waals surface area contributed by atoms with Gasteiger partial charge >= 0.3 is 0 Å². The molecule has 0 amide bonds. The van der Waals surface area contributed by atoms with Crippen molar-refractivity contribution < 1.29 is 8.78 Å². The Morgan fingerprint density at radius 2 is 1.80 bits per heavy atom. The van der Waals surface area contributed by atoms with Crippen molar-refractivity contribution in [2.75, 3.05) is 7.05 Å². The molecule has 0 aliphatic carbocycles. The molecule has 102 valence electrons. The number of hydrogen-bond donors (Lipinski definition) is 1. The monoisotopic (exact) mass is 289 g/mol. The Kier molecular flexibility index (Phi) is 3.51. The van der Waals surface area contributed by atoms with Crippen LogP contribution in [-0.2, 0) is 0 Å². The molecular weight excluding hydrogens is 276 g/mol. The molecule has 0 saturated carbocycles. The number of fused-ring (bicyclic) bond motifs is 1. The first-order valence-electron chi connectivity index (χ1n) is 6.29. The van der Waals surface area contributed by atoms with Gasteiger partial charge in [-0.3, -0.25) is 0 Å². The van der Waals surface area contributed by atoms with E-state index in [4.69, 9.17) is 0 Å². The maximum atomic E-state index is 14.0. The molecule has 4 heteroatoms. The molecule has 0 bridgehead atoms. The van der Waals surface area contributed by atoms with E-state index in [1.54, 1.807) is 24.5 Å². The Bertz CT molecular complexity index is 751. The van der Waals surface area contributed by atoms with Crippen molar-refractivity contribution in [2.45, 2.75) is 6.04 Å². The maximum absolute atomic E-state index is 14.0. The van der Waals surface area contributed by atoms with E-state index in [1.807, 2.05) is 29.6 Å². The zero-order valence-corrected chi connectivity index (χ0v) is 11.7. The largest absolute Gasteiger partial charge is 0.309 e. The van der Waals surface area contributed by atoms with Gasteiger partial charge in [-0.25, -0.2) is 8.78 Å². The van der Waals surface area contributed by atoms with Gasteiger partial charge in [-0.15, -0.1) is 11.3 Å².